The fourth-order valence-corrected chi connectivity index (χ4v) is 5.25. The zero-order valence-electron chi connectivity index (χ0n) is 15.8. The summed E-state index contributed by atoms with van der Waals surface area (Å²) in [6.07, 6.45) is 8.39. The second-order valence-electron chi connectivity index (χ2n) is 7.66. The Hall–Kier alpha value is -1.71. The van der Waals surface area contributed by atoms with E-state index in [0.29, 0.717) is 37.5 Å². The number of hydrogen-bond acceptors (Lipinski definition) is 6. The van der Waals surface area contributed by atoms with Crippen LogP contribution < -0.4 is 10.9 Å². The van der Waals surface area contributed by atoms with Crippen LogP contribution in [0.15, 0.2) is 17.1 Å². The molecule has 0 spiro atoms. The quantitative estimate of drug-likeness (QED) is 0.807. The van der Waals surface area contributed by atoms with Crippen LogP contribution in [0.3, 0.4) is 0 Å². The molecule has 2 aliphatic rings. The molecule has 28 heavy (non-hydrogen) atoms. The van der Waals surface area contributed by atoms with Gasteiger partial charge < -0.3 is 5.32 Å². The van der Waals surface area contributed by atoms with Crippen molar-refractivity contribution in [2.24, 2.45) is 0 Å². The molecule has 152 valence electrons. The summed E-state index contributed by atoms with van der Waals surface area (Å²) in [6.45, 7) is 0.957. The summed E-state index contributed by atoms with van der Waals surface area (Å²) in [7, 11) is -3.15. The first-order valence-electron chi connectivity index (χ1n) is 9.62. The third-order valence-corrected chi connectivity index (χ3v) is 7.25. The minimum Gasteiger partial charge on any atom is -0.351 e. The van der Waals surface area contributed by atoms with Gasteiger partial charge in [-0.05, 0) is 31.7 Å². The van der Waals surface area contributed by atoms with Crippen molar-refractivity contribution >= 4 is 38.6 Å². The van der Waals surface area contributed by atoms with Crippen LogP contribution in [0.5, 0.6) is 0 Å². The molecule has 0 amide bonds. The first kappa shape index (κ1) is 19.6. The van der Waals surface area contributed by atoms with Gasteiger partial charge in [-0.1, -0.05) is 24.4 Å². The summed E-state index contributed by atoms with van der Waals surface area (Å²) in [6, 6.07) is 1.84. The number of nitrogens with zero attached hydrogens (tertiary/aromatic N) is 4. The molecule has 10 heteroatoms. The summed E-state index contributed by atoms with van der Waals surface area (Å²) >= 11 is 6.16. The van der Waals surface area contributed by atoms with Crippen LogP contribution in [-0.2, 0) is 10.0 Å². The molecular formula is C18H24ClN5O3S. The summed E-state index contributed by atoms with van der Waals surface area (Å²) < 4.78 is 26.5. The highest BCUT2D eigenvalue weighted by atomic mass is 35.5. The van der Waals surface area contributed by atoms with Gasteiger partial charge in [0.05, 0.1) is 6.26 Å². The SMILES string of the molecule is CS(=O)(=O)N1CCC(Nc2ncc3cc(Cl)c(=O)n(C4CCCC4)c3n2)CC1. The maximum Gasteiger partial charge on any atom is 0.271 e. The van der Waals surface area contributed by atoms with Crippen LogP contribution >= 0.6 is 11.6 Å². The number of anilines is 1. The molecule has 3 heterocycles. The van der Waals surface area contributed by atoms with Crippen molar-refractivity contribution in [1.82, 2.24) is 18.8 Å². The van der Waals surface area contributed by atoms with Crippen molar-refractivity contribution < 1.29 is 8.42 Å². The van der Waals surface area contributed by atoms with E-state index in [-0.39, 0.29) is 22.7 Å². The minimum absolute atomic E-state index is 0.0920. The van der Waals surface area contributed by atoms with Crippen molar-refractivity contribution in [3.63, 3.8) is 0 Å². The van der Waals surface area contributed by atoms with Gasteiger partial charge in [-0.3, -0.25) is 9.36 Å². The van der Waals surface area contributed by atoms with Crippen LogP contribution in [0.2, 0.25) is 5.02 Å². The first-order valence-corrected chi connectivity index (χ1v) is 11.8. The van der Waals surface area contributed by atoms with E-state index in [0.717, 1.165) is 31.1 Å². The molecule has 0 aromatic carbocycles. The number of hydrogen-bond donors (Lipinski definition) is 1. The normalized spacial score (nSPS) is 20.1. The maximum atomic E-state index is 12.7. The number of nitrogens with one attached hydrogen (secondary N) is 1. The molecule has 2 fully saturated rings. The summed E-state index contributed by atoms with van der Waals surface area (Å²) in [5.74, 6) is 0.457. The van der Waals surface area contributed by atoms with Gasteiger partial charge in [0.15, 0.2) is 0 Å². The van der Waals surface area contributed by atoms with Crippen LogP contribution in [-0.4, -0.2) is 52.6 Å². The van der Waals surface area contributed by atoms with Gasteiger partial charge in [0.2, 0.25) is 16.0 Å². The third kappa shape index (κ3) is 3.88. The van der Waals surface area contributed by atoms with Gasteiger partial charge in [-0.15, -0.1) is 0 Å². The van der Waals surface area contributed by atoms with Gasteiger partial charge in [-0.2, -0.15) is 4.98 Å². The zero-order chi connectivity index (χ0) is 19.9. The first-order chi connectivity index (χ1) is 13.3. The van der Waals surface area contributed by atoms with Gasteiger partial charge in [0, 0.05) is 36.8 Å². The van der Waals surface area contributed by atoms with E-state index in [1.165, 1.54) is 10.6 Å². The molecule has 0 unspecified atom stereocenters. The van der Waals surface area contributed by atoms with E-state index >= 15 is 0 Å². The highest BCUT2D eigenvalue weighted by molar-refractivity contribution is 7.88. The molecular weight excluding hydrogens is 402 g/mol. The molecule has 1 saturated carbocycles. The van der Waals surface area contributed by atoms with Gasteiger partial charge in [0.1, 0.15) is 10.7 Å². The fraction of sp³-hybridized carbons (Fsp3) is 0.611. The minimum atomic E-state index is -3.15. The lowest BCUT2D eigenvalue weighted by molar-refractivity contribution is 0.331. The Kier molecular flexibility index (Phi) is 5.32. The highest BCUT2D eigenvalue weighted by Crippen LogP contribution is 2.31. The second-order valence-corrected chi connectivity index (χ2v) is 10.0. The summed E-state index contributed by atoms with van der Waals surface area (Å²) in [5.41, 5.74) is 0.402. The van der Waals surface area contributed by atoms with E-state index in [1.54, 1.807) is 16.8 Å². The zero-order valence-corrected chi connectivity index (χ0v) is 17.3. The monoisotopic (exact) mass is 425 g/mol. The Morgan fingerprint density at radius 3 is 2.50 bits per heavy atom. The number of piperidine rings is 1. The molecule has 1 aliphatic carbocycles. The lowest BCUT2D eigenvalue weighted by atomic mass is 10.1. The van der Waals surface area contributed by atoms with Crippen molar-refractivity contribution in [2.75, 3.05) is 24.7 Å². The van der Waals surface area contributed by atoms with Gasteiger partial charge >= 0.3 is 0 Å². The number of rotatable bonds is 4. The smallest absolute Gasteiger partial charge is 0.271 e. The van der Waals surface area contributed by atoms with E-state index in [2.05, 4.69) is 15.3 Å². The number of pyridine rings is 1. The molecule has 1 aliphatic heterocycles. The van der Waals surface area contributed by atoms with E-state index in [1.807, 2.05) is 0 Å². The lowest BCUT2D eigenvalue weighted by Gasteiger charge is -2.30. The summed E-state index contributed by atoms with van der Waals surface area (Å²) in [5, 5.41) is 4.24. The largest absolute Gasteiger partial charge is 0.351 e. The Morgan fingerprint density at radius 2 is 1.86 bits per heavy atom. The van der Waals surface area contributed by atoms with Gasteiger partial charge in [-0.25, -0.2) is 17.7 Å². The number of aromatic nitrogens is 3. The highest BCUT2D eigenvalue weighted by Gasteiger charge is 2.26. The van der Waals surface area contributed by atoms with E-state index < -0.39 is 10.0 Å². The molecule has 0 atom stereocenters. The van der Waals surface area contributed by atoms with Crippen molar-refractivity contribution in [1.29, 1.82) is 0 Å². The molecule has 1 N–H and O–H groups in total. The number of halogens is 1. The molecule has 0 bridgehead atoms. The number of fused-ring (bicyclic) bond motifs is 1. The Morgan fingerprint density at radius 1 is 1.18 bits per heavy atom. The average molecular weight is 426 g/mol. The molecule has 1 saturated heterocycles. The second kappa shape index (κ2) is 7.61. The average Bonchev–Trinajstić information content (AvgIpc) is 3.17. The molecule has 0 radical (unpaired) electrons. The topological polar surface area (TPSA) is 97.2 Å². The molecule has 2 aromatic heterocycles. The molecule has 2 aromatic rings. The van der Waals surface area contributed by atoms with E-state index in [4.69, 9.17) is 11.6 Å². The predicted octanol–water partition coefficient (Wildman–Crippen LogP) is 2.40. The lowest BCUT2D eigenvalue weighted by Crippen LogP contribution is -2.42. The van der Waals surface area contributed by atoms with Gasteiger partial charge in [0.25, 0.3) is 5.56 Å². The third-order valence-electron chi connectivity index (χ3n) is 5.68. The molecule has 4 rings (SSSR count). The Balaban J connectivity index is 1.60. The van der Waals surface area contributed by atoms with Crippen molar-refractivity contribution in [3.05, 3.63) is 27.6 Å². The fourth-order valence-electron chi connectivity index (χ4n) is 4.17. The Bertz CT molecular complexity index is 1040. The van der Waals surface area contributed by atoms with E-state index in [9.17, 15) is 13.2 Å². The Labute approximate surface area is 169 Å². The van der Waals surface area contributed by atoms with Crippen molar-refractivity contribution in [2.45, 2.75) is 50.6 Å². The predicted molar refractivity (Wildman–Crippen MR) is 109 cm³/mol. The standard InChI is InChI=1S/C18H24ClN5O3S/c1-28(26,27)23-8-6-13(7-9-23)21-18-20-11-12-10-15(19)17(25)24(16(12)22-18)14-4-2-3-5-14/h10-11,13-14H,2-9H2,1H3,(H,20,21,22). The van der Waals surface area contributed by atoms with Crippen molar-refractivity contribution in [3.8, 4) is 0 Å². The number of sulfonamides is 1. The molecule has 8 nitrogen and oxygen atoms in total. The van der Waals surface area contributed by atoms with Crippen LogP contribution in [0.25, 0.3) is 11.0 Å². The van der Waals surface area contributed by atoms with Crippen LogP contribution in [0.1, 0.15) is 44.6 Å². The van der Waals surface area contributed by atoms with Crippen LogP contribution in [0, 0.1) is 0 Å². The maximum absolute atomic E-state index is 12.7. The summed E-state index contributed by atoms with van der Waals surface area (Å²) in [4.78, 5) is 21.7. The van der Waals surface area contributed by atoms with Crippen LogP contribution in [0.4, 0.5) is 5.95 Å².